The second-order valence-electron chi connectivity index (χ2n) is 7.27. The Labute approximate surface area is 141 Å². The Morgan fingerprint density at radius 2 is 1.74 bits per heavy atom. The number of carbonyl (C=O) groups excluding carboxylic acids is 1. The van der Waals surface area contributed by atoms with Crippen LogP contribution in [0.25, 0.3) is 0 Å². The normalized spacial score (nSPS) is 27.8. The third-order valence-electron chi connectivity index (χ3n) is 5.57. The van der Waals surface area contributed by atoms with Gasteiger partial charge in [-0.2, -0.15) is 0 Å². The maximum Gasteiger partial charge on any atom is 0.225 e. The molecule has 134 valence electrons. The van der Waals surface area contributed by atoms with Crippen LogP contribution in [0.4, 0.5) is 0 Å². The third kappa shape index (κ3) is 4.47. The summed E-state index contributed by atoms with van der Waals surface area (Å²) in [6, 6.07) is 0.359. The minimum atomic E-state index is -3.12. The zero-order valence-electron chi connectivity index (χ0n) is 14.8. The lowest BCUT2D eigenvalue weighted by molar-refractivity contribution is -0.139. The number of hydrogen-bond acceptors (Lipinski definition) is 3. The lowest BCUT2D eigenvalue weighted by atomic mass is 9.84. The van der Waals surface area contributed by atoms with Gasteiger partial charge in [0, 0.05) is 32.1 Å². The van der Waals surface area contributed by atoms with E-state index >= 15 is 0 Å². The quantitative estimate of drug-likeness (QED) is 0.770. The predicted molar refractivity (Wildman–Crippen MR) is 92.6 cm³/mol. The van der Waals surface area contributed by atoms with Crippen molar-refractivity contribution in [1.29, 1.82) is 0 Å². The van der Waals surface area contributed by atoms with Crippen LogP contribution < -0.4 is 0 Å². The smallest absolute Gasteiger partial charge is 0.225 e. The van der Waals surface area contributed by atoms with Crippen LogP contribution in [0.15, 0.2) is 0 Å². The molecule has 5 nitrogen and oxygen atoms in total. The Bertz CT molecular complexity index is 498. The van der Waals surface area contributed by atoms with Crippen molar-refractivity contribution >= 4 is 15.9 Å². The molecule has 1 aliphatic heterocycles. The molecule has 2 unspecified atom stereocenters. The molecule has 0 bridgehead atoms. The Morgan fingerprint density at radius 3 is 2.30 bits per heavy atom. The molecule has 1 amide bonds. The molecule has 2 atom stereocenters. The lowest BCUT2D eigenvalue weighted by Crippen LogP contribution is -2.48. The van der Waals surface area contributed by atoms with Gasteiger partial charge in [-0.05, 0) is 38.0 Å². The highest BCUT2D eigenvalue weighted by molar-refractivity contribution is 7.89. The molecule has 1 saturated carbocycles. The summed E-state index contributed by atoms with van der Waals surface area (Å²) in [5, 5.41) is 0. The summed E-state index contributed by atoms with van der Waals surface area (Å²) >= 11 is 0. The lowest BCUT2D eigenvalue weighted by Gasteiger charge is -2.39. The molecule has 0 aromatic carbocycles. The van der Waals surface area contributed by atoms with Gasteiger partial charge >= 0.3 is 0 Å². The first-order chi connectivity index (χ1) is 10.9. The molecule has 1 heterocycles. The molecule has 23 heavy (non-hydrogen) atoms. The molecular weight excluding hydrogens is 312 g/mol. The SMILES string of the molecule is CCCS(=O)(=O)N1CCC(C(=O)N(C)C2CCCCC2C)CC1. The van der Waals surface area contributed by atoms with Gasteiger partial charge in [0.25, 0.3) is 0 Å². The van der Waals surface area contributed by atoms with Crippen molar-refractivity contribution in [3.8, 4) is 0 Å². The van der Waals surface area contributed by atoms with Crippen LogP contribution in [-0.4, -0.2) is 55.5 Å². The Hall–Kier alpha value is -0.620. The highest BCUT2D eigenvalue weighted by Gasteiger charge is 2.35. The van der Waals surface area contributed by atoms with Crippen LogP contribution >= 0.6 is 0 Å². The van der Waals surface area contributed by atoms with E-state index in [1.54, 1.807) is 4.31 Å². The van der Waals surface area contributed by atoms with Crippen LogP contribution in [-0.2, 0) is 14.8 Å². The zero-order chi connectivity index (χ0) is 17.0. The molecule has 0 aromatic heterocycles. The van der Waals surface area contributed by atoms with Crippen molar-refractivity contribution in [2.75, 3.05) is 25.9 Å². The van der Waals surface area contributed by atoms with Crippen molar-refractivity contribution in [3.63, 3.8) is 0 Å². The van der Waals surface area contributed by atoms with Crippen LogP contribution in [0.5, 0.6) is 0 Å². The standard InChI is InChI=1S/C17H32N2O3S/c1-4-13-23(21,22)19-11-9-15(10-12-19)17(20)18(3)16-8-6-5-7-14(16)2/h14-16H,4-13H2,1-3H3. The highest BCUT2D eigenvalue weighted by atomic mass is 32.2. The highest BCUT2D eigenvalue weighted by Crippen LogP contribution is 2.30. The summed E-state index contributed by atoms with van der Waals surface area (Å²) in [4.78, 5) is 14.7. The van der Waals surface area contributed by atoms with Crippen molar-refractivity contribution < 1.29 is 13.2 Å². The number of carbonyl (C=O) groups is 1. The van der Waals surface area contributed by atoms with E-state index in [1.807, 2.05) is 18.9 Å². The fraction of sp³-hybridized carbons (Fsp3) is 0.941. The first-order valence-electron chi connectivity index (χ1n) is 9.11. The molecule has 2 fully saturated rings. The second kappa shape index (κ2) is 7.97. The maximum absolute atomic E-state index is 12.8. The number of hydrogen-bond donors (Lipinski definition) is 0. The van der Waals surface area contributed by atoms with Crippen LogP contribution in [0.2, 0.25) is 0 Å². The average Bonchev–Trinajstić information content (AvgIpc) is 2.54. The minimum absolute atomic E-state index is 0.0118. The summed E-state index contributed by atoms with van der Waals surface area (Å²) in [6.07, 6.45) is 6.75. The monoisotopic (exact) mass is 344 g/mol. The van der Waals surface area contributed by atoms with E-state index in [9.17, 15) is 13.2 Å². The molecule has 2 rings (SSSR count). The Kier molecular flexibility index (Phi) is 6.48. The number of rotatable bonds is 5. The summed E-state index contributed by atoms with van der Waals surface area (Å²) < 4.78 is 25.8. The molecule has 1 aliphatic carbocycles. The molecule has 0 aromatic rings. The van der Waals surface area contributed by atoms with Gasteiger partial charge in [0.1, 0.15) is 0 Å². The van der Waals surface area contributed by atoms with Crippen LogP contribution in [0.3, 0.4) is 0 Å². The fourth-order valence-electron chi connectivity index (χ4n) is 4.09. The number of nitrogens with zero attached hydrogens (tertiary/aromatic N) is 2. The van der Waals surface area contributed by atoms with Gasteiger partial charge in [-0.3, -0.25) is 4.79 Å². The van der Waals surface area contributed by atoms with Gasteiger partial charge in [-0.1, -0.05) is 26.7 Å². The van der Waals surface area contributed by atoms with Crippen molar-refractivity contribution in [2.45, 2.75) is 64.8 Å². The fourth-order valence-corrected chi connectivity index (χ4v) is 5.63. The van der Waals surface area contributed by atoms with E-state index in [0.717, 1.165) is 6.42 Å². The van der Waals surface area contributed by atoms with Gasteiger partial charge in [-0.15, -0.1) is 0 Å². The average molecular weight is 345 g/mol. The van der Waals surface area contributed by atoms with E-state index in [1.165, 1.54) is 19.3 Å². The van der Waals surface area contributed by atoms with Crippen molar-refractivity contribution in [1.82, 2.24) is 9.21 Å². The predicted octanol–water partition coefficient (Wildman–Crippen LogP) is 2.48. The van der Waals surface area contributed by atoms with E-state index in [2.05, 4.69) is 6.92 Å². The first kappa shape index (κ1) is 18.7. The van der Waals surface area contributed by atoms with E-state index in [4.69, 9.17) is 0 Å². The number of amides is 1. The molecule has 1 saturated heterocycles. The molecule has 2 aliphatic rings. The van der Waals surface area contributed by atoms with Gasteiger partial charge in [0.2, 0.25) is 15.9 Å². The zero-order valence-corrected chi connectivity index (χ0v) is 15.6. The van der Waals surface area contributed by atoms with Crippen molar-refractivity contribution in [3.05, 3.63) is 0 Å². The second-order valence-corrected chi connectivity index (χ2v) is 9.36. The van der Waals surface area contributed by atoms with Gasteiger partial charge < -0.3 is 4.90 Å². The molecular formula is C17H32N2O3S. The van der Waals surface area contributed by atoms with E-state index in [-0.39, 0.29) is 17.6 Å². The maximum atomic E-state index is 12.8. The third-order valence-corrected chi connectivity index (χ3v) is 7.65. The van der Waals surface area contributed by atoms with Gasteiger partial charge in [0.15, 0.2) is 0 Å². The Balaban J connectivity index is 1.90. The molecule has 6 heteroatoms. The molecule has 0 N–H and O–H groups in total. The number of sulfonamides is 1. The van der Waals surface area contributed by atoms with E-state index in [0.29, 0.717) is 44.3 Å². The molecule has 0 radical (unpaired) electrons. The summed E-state index contributed by atoms with van der Waals surface area (Å²) in [5.41, 5.74) is 0. The van der Waals surface area contributed by atoms with Crippen LogP contribution in [0, 0.1) is 11.8 Å². The van der Waals surface area contributed by atoms with E-state index < -0.39 is 10.0 Å². The summed E-state index contributed by atoms with van der Waals surface area (Å²) in [6.45, 7) is 5.11. The van der Waals surface area contributed by atoms with Crippen molar-refractivity contribution in [2.24, 2.45) is 11.8 Å². The Morgan fingerprint density at radius 1 is 1.13 bits per heavy atom. The van der Waals surface area contributed by atoms with Gasteiger partial charge in [-0.25, -0.2) is 12.7 Å². The summed E-state index contributed by atoms with van der Waals surface area (Å²) in [7, 11) is -1.18. The first-order valence-corrected chi connectivity index (χ1v) is 10.7. The molecule has 0 spiro atoms. The summed E-state index contributed by atoms with van der Waals surface area (Å²) in [5.74, 6) is 0.992. The topological polar surface area (TPSA) is 57.7 Å². The van der Waals surface area contributed by atoms with Crippen LogP contribution in [0.1, 0.15) is 58.8 Å². The van der Waals surface area contributed by atoms with Gasteiger partial charge in [0.05, 0.1) is 5.75 Å². The minimum Gasteiger partial charge on any atom is -0.342 e. The number of piperidine rings is 1. The largest absolute Gasteiger partial charge is 0.342 e.